The summed E-state index contributed by atoms with van der Waals surface area (Å²) in [5.41, 5.74) is 2.83. The van der Waals surface area contributed by atoms with Gasteiger partial charge in [-0.25, -0.2) is 4.79 Å². The quantitative estimate of drug-likeness (QED) is 0.597. The number of carbonyl (C=O) groups excluding carboxylic acids is 1. The molecule has 5 nitrogen and oxygen atoms in total. The summed E-state index contributed by atoms with van der Waals surface area (Å²) in [6, 6.07) is 6.97. The van der Waals surface area contributed by atoms with Crippen LogP contribution in [-0.2, 0) is 6.42 Å². The first-order valence-corrected chi connectivity index (χ1v) is 8.56. The van der Waals surface area contributed by atoms with Gasteiger partial charge < -0.3 is 10.2 Å². The van der Waals surface area contributed by atoms with Crippen LogP contribution in [0.5, 0.6) is 0 Å². The molecule has 2 aliphatic rings. The minimum Gasteiger partial charge on any atom is -0.314 e. The molecule has 1 fully saturated rings. The van der Waals surface area contributed by atoms with E-state index in [0.29, 0.717) is 15.7 Å². The molecular formula is C17H16Cl2N3O2+. The molecule has 2 atom stereocenters. The molecule has 124 valence electrons. The number of carbonyl (C=O) groups is 1. The summed E-state index contributed by atoms with van der Waals surface area (Å²) >= 11 is 11.9. The first-order valence-electron chi connectivity index (χ1n) is 7.80. The Morgan fingerprint density at radius 1 is 1.25 bits per heavy atom. The molecule has 1 aromatic heterocycles. The van der Waals surface area contributed by atoms with Gasteiger partial charge in [0.05, 0.1) is 16.1 Å². The van der Waals surface area contributed by atoms with Gasteiger partial charge in [-0.05, 0) is 43.0 Å². The Morgan fingerprint density at radius 3 is 2.88 bits per heavy atom. The number of aromatic nitrogens is 1. The van der Waals surface area contributed by atoms with Crippen molar-refractivity contribution in [2.24, 2.45) is 0 Å². The number of hydrogen-bond acceptors (Lipinski definition) is 2. The Balaban J connectivity index is 1.60. The molecule has 0 saturated carbocycles. The summed E-state index contributed by atoms with van der Waals surface area (Å²) in [4.78, 5) is 14.7. The molecule has 1 aromatic carbocycles. The Morgan fingerprint density at radius 2 is 2.08 bits per heavy atom. The summed E-state index contributed by atoms with van der Waals surface area (Å²) < 4.78 is 1.05. The van der Waals surface area contributed by atoms with Gasteiger partial charge in [-0.2, -0.15) is 0 Å². The minimum absolute atomic E-state index is 0.0128. The maximum absolute atomic E-state index is 12.8. The van der Waals surface area contributed by atoms with Crippen LogP contribution in [0.25, 0.3) is 0 Å². The van der Waals surface area contributed by atoms with Gasteiger partial charge in [-0.1, -0.05) is 23.2 Å². The second-order valence-corrected chi connectivity index (χ2v) is 7.04. The average Bonchev–Trinajstić information content (AvgIpc) is 2.88. The molecule has 2 aromatic rings. The van der Waals surface area contributed by atoms with Crippen LogP contribution in [0.15, 0.2) is 36.7 Å². The first-order chi connectivity index (χ1) is 11.5. The maximum atomic E-state index is 12.8. The fraction of sp³-hybridized carbons (Fsp3) is 0.294. The Bertz CT molecular complexity index is 827. The van der Waals surface area contributed by atoms with Crippen molar-refractivity contribution in [3.8, 4) is 0 Å². The predicted molar refractivity (Wildman–Crippen MR) is 90.6 cm³/mol. The zero-order valence-corrected chi connectivity index (χ0v) is 14.3. The highest BCUT2D eigenvalue weighted by atomic mass is 35.5. The molecule has 2 aliphatic heterocycles. The van der Waals surface area contributed by atoms with Crippen molar-refractivity contribution in [2.45, 2.75) is 31.3 Å². The van der Waals surface area contributed by atoms with Gasteiger partial charge in [0.1, 0.15) is 0 Å². The Hall–Kier alpha value is -1.98. The molecule has 2 unspecified atom stereocenters. The first kappa shape index (κ1) is 15.5. The lowest BCUT2D eigenvalue weighted by Crippen LogP contribution is -2.45. The number of urea groups is 1. The Kier molecular flexibility index (Phi) is 3.77. The number of pyridine rings is 1. The number of anilines is 1. The van der Waals surface area contributed by atoms with E-state index in [9.17, 15) is 10.0 Å². The van der Waals surface area contributed by atoms with Gasteiger partial charge in [0.2, 0.25) is 12.4 Å². The lowest BCUT2D eigenvalue weighted by Gasteiger charge is -2.35. The van der Waals surface area contributed by atoms with Gasteiger partial charge in [0.15, 0.2) is 0 Å². The summed E-state index contributed by atoms with van der Waals surface area (Å²) in [5, 5.41) is 13.5. The van der Waals surface area contributed by atoms with Crippen molar-refractivity contribution in [3.63, 3.8) is 0 Å². The van der Waals surface area contributed by atoms with Crippen molar-refractivity contribution in [3.05, 3.63) is 57.8 Å². The van der Waals surface area contributed by atoms with Crippen LogP contribution in [0.4, 0.5) is 10.5 Å². The largest absolute Gasteiger partial charge is 0.322 e. The smallest absolute Gasteiger partial charge is 0.314 e. The van der Waals surface area contributed by atoms with Crippen LogP contribution in [0.3, 0.4) is 0 Å². The molecule has 0 radical (unpaired) electrons. The number of fused-ring (bicyclic) bond motifs is 4. The molecule has 0 spiro atoms. The van der Waals surface area contributed by atoms with Gasteiger partial charge in [0.25, 0.3) is 0 Å². The van der Waals surface area contributed by atoms with E-state index >= 15 is 0 Å². The van der Waals surface area contributed by atoms with E-state index in [1.807, 2.05) is 11.0 Å². The normalized spacial score (nSPS) is 21.5. The highest BCUT2D eigenvalue weighted by Gasteiger charge is 2.44. The van der Waals surface area contributed by atoms with Gasteiger partial charge in [-0.15, -0.1) is 0 Å². The van der Waals surface area contributed by atoms with Crippen LogP contribution in [-0.4, -0.2) is 22.2 Å². The number of benzene rings is 1. The second-order valence-electron chi connectivity index (χ2n) is 6.22. The van der Waals surface area contributed by atoms with Gasteiger partial charge in [0, 0.05) is 28.1 Å². The molecular weight excluding hydrogens is 349 g/mol. The summed E-state index contributed by atoms with van der Waals surface area (Å²) in [6.45, 7) is 0. The third-order valence-electron chi connectivity index (χ3n) is 4.79. The third kappa shape index (κ3) is 2.58. The zero-order chi connectivity index (χ0) is 16.8. The lowest BCUT2D eigenvalue weighted by molar-refractivity contribution is -0.905. The monoisotopic (exact) mass is 364 g/mol. The van der Waals surface area contributed by atoms with Crippen molar-refractivity contribution in [1.82, 2.24) is 4.90 Å². The van der Waals surface area contributed by atoms with Crippen LogP contribution >= 0.6 is 23.2 Å². The van der Waals surface area contributed by atoms with Crippen molar-refractivity contribution in [2.75, 3.05) is 5.32 Å². The average molecular weight is 365 g/mol. The standard InChI is InChI=1S/C17H15Cl2N3O2/c18-14-3-1-11(8-15(14)19)20-17(23)22-12-2-4-16(22)13-9-21(24)6-5-10(13)7-12/h1,3,5-6,8-9,12,16H,2,4,7H2,(H-,20,23,24)/p+1. The fourth-order valence-electron chi connectivity index (χ4n) is 3.73. The summed E-state index contributed by atoms with van der Waals surface area (Å²) in [6.07, 6.45) is 5.99. The van der Waals surface area contributed by atoms with E-state index in [-0.39, 0.29) is 18.1 Å². The van der Waals surface area contributed by atoms with E-state index in [0.717, 1.165) is 29.6 Å². The summed E-state index contributed by atoms with van der Waals surface area (Å²) in [7, 11) is 0. The van der Waals surface area contributed by atoms with Crippen LogP contribution in [0.1, 0.15) is 30.0 Å². The molecule has 2 N–H and O–H groups in total. The number of nitrogens with one attached hydrogen (secondary N) is 1. The number of amides is 2. The van der Waals surface area contributed by atoms with Crippen molar-refractivity contribution >= 4 is 34.9 Å². The van der Waals surface area contributed by atoms with E-state index in [1.54, 1.807) is 30.6 Å². The van der Waals surface area contributed by atoms with Crippen molar-refractivity contribution in [1.29, 1.82) is 0 Å². The SMILES string of the molecule is O=C(Nc1ccc(Cl)c(Cl)c1)N1C2CCC1c1c[n+](O)ccc1C2. The fourth-order valence-corrected chi connectivity index (χ4v) is 4.03. The van der Waals surface area contributed by atoms with Crippen LogP contribution in [0, 0.1) is 0 Å². The van der Waals surface area contributed by atoms with E-state index < -0.39 is 0 Å². The van der Waals surface area contributed by atoms with Gasteiger partial charge in [-0.3, -0.25) is 5.21 Å². The highest BCUT2D eigenvalue weighted by molar-refractivity contribution is 6.42. The maximum Gasteiger partial charge on any atom is 0.322 e. The van der Waals surface area contributed by atoms with E-state index in [1.165, 1.54) is 5.56 Å². The highest BCUT2D eigenvalue weighted by Crippen LogP contribution is 2.43. The molecule has 7 heteroatoms. The van der Waals surface area contributed by atoms with Crippen LogP contribution in [0.2, 0.25) is 10.0 Å². The van der Waals surface area contributed by atoms with Crippen molar-refractivity contribution < 1.29 is 14.7 Å². The second kappa shape index (κ2) is 5.83. The van der Waals surface area contributed by atoms with Crippen LogP contribution < -0.4 is 10.0 Å². The third-order valence-corrected chi connectivity index (χ3v) is 5.53. The number of nitrogens with zero attached hydrogens (tertiary/aromatic N) is 2. The number of halogens is 2. The number of hydrogen-bond donors (Lipinski definition) is 2. The van der Waals surface area contributed by atoms with E-state index in [4.69, 9.17) is 23.2 Å². The molecule has 2 bridgehead atoms. The number of rotatable bonds is 1. The minimum atomic E-state index is -0.153. The molecule has 1 saturated heterocycles. The lowest BCUT2D eigenvalue weighted by atomic mass is 9.95. The molecule has 24 heavy (non-hydrogen) atoms. The topological polar surface area (TPSA) is 56.5 Å². The predicted octanol–water partition coefficient (Wildman–Crippen LogP) is 3.81. The molecule has 4 rings (SSSR count). The van der Waals surface area contributed by atoms with Gasteiger partial charge >= 0.3 is 6.03 Å². The molecule has 0 aliphatic carbocycles. The van der Waals surface area contributed by atoms with E-state index in [2.05, 4.69) is 5.32 Å². The Labute approximate surface area is 149 Å². The zero-order valence-electron chi connectivity index (χ0n) is 12.7. The molecule has 3 heterocycles. The molecule has 2 amide bonds. The summed E-state index contributed by atoms with van der Waals surface area (Å²) in [5.74, 6) is 0.